The third-order valence-electron chi connectivity index (χ3n) is 5.80. The van der Waals surface area contributed by atoms with E-state index in [0.717, 1.165) is 10.4 Å². The average molecular weight is 451 g/mol. The summed E-state index contributed by atoms with van der Waals surface area (Å²) in [5, 5.41) is 2.14. The molecular weight excluding hydrogens is 416 g/mol. The first kappa shape index (κ1) is 24.0. The van der Waals surface area contributed by atoms with Crippen LogP contribution in [-0.2, 0) is 9.16 Å². The Kier molecular flexibility index (Phi) is 6.82. The molecule has 0 N–H and O–H groups in total. The summed E-state index contributed by atoms with van der Waals surface area (Å²) < 4.78 is 12.7. The van der Waals surface area contributed by atoms with Gasteiger partial charge >= 0.3 is 6.09 Å². The van der Waals surface area contributed by atoms with E-state index in [2.05, 4.69) is 49.9 Å². The quantitative estimate of drug-likeness (QED) is 0.510. The smallest absolute Gasteiger partial charge is 0.410 e. The van der Waals surface area contributed by atoms with Gasteiger partial charge in [-0.3, -0.25) is 4.90 Å². The van der Waals surface area contributed by atoms with Gasteiger partial charge in [0.1, 0.15) is 18.2 Å². The second-order valence-electron chi connectivity index (χ2n) is 10.4. The minimum atomic E-state index is -2.81. The van der Waals surface area contributed by atoms with Crippen molar-refractivity contribution in [1.29, 1.82) is 0 Å². The van der Waals surface area contributed by atoms with E-state index in [9.17, 15) is 4.79 Å². The summed E-state index contributed by atoms with van der Waals surface area (Å²) in [6.45, 7) is 20.7. The highest BCUT2D eigenvalue weighted by molar-refractivity contribution is 6.99. The fourth-order valence-electron chi connectivity index (χ4n) is 4.39. The number of hydrogen-bond donors (Lipinski definition) is 0. The predicted octanol–water partition coefficient (Wildman–Crippen LogP) is 4.47. The van der Waals surface area contributed by atoms with Crippen LogP contribution in [0.3, 0.4) is 0 Å². The molecule has 1 heterocycles. The minimum Gasteiger partial charge on any atom is -0.444 e. The topological polar surface area (TPSA) is 43.1 Å². The Bertz CT molecular complexity index is 919. The standard InChI is InChI=1S/C26H34N2O3Si/c1-25(2,3)30-24(29)28-18-22(27-7)23(19-28)31-32(26(4,5)6,20-14-10-8-11-15-20)21-16-12-9-13-17-21/h8-17,22-23H,18-19H2,1-6H3. The molecule has 2 unspecified atom stereocenters. The maximum atomic E-state index is 12.7. The molecule has 1 aliphatic heterocycles. The second kappa shape index (κ2) is 9.09. The highest BCUT2D eigenvalue weighted by Gasteiger charge is 2.55. The number of ether oxygens (including phenoxy) is 1. The molecule has 2 atom stereocenters. The van der Waals surface area contributed by atoms with Crippen molar-refractivity contribution in [2.75, 3.05) is 13.1 Å². The molecule has 1 amide bonds. The Morgan fingerprint density at radius 2 is 1.44 bits per heavy atom. The molecule has 32 heavy (non-hydrogen) atoms. The largest absolute Gasteiger partial charge is 0.444 e. The SMILES string of the molecule is [C-]#[N+]C1CN(C(=O)OC(C)(C)C)CC1O[Si](c1ccccc1)(c1ccccc1)C(C)(C)C. The van der Waals surface area contributed by atoms with Crippen LogP contribution in [-0.4, -0.2) is 50.1 Å². The first-order chi connectivity index (χ1) is 15.0. The van der Waals surface area contributed by atoms with Crippen LogP contribution in [0.5, 0.6) is 0 Å². The van der Waals surface area contributed by atoms with Gasteiger partial charge in [0.25, 0.3) is 14.4 Å². The van der Waals surface area contributed by atoms with Crippen molar-refractivity contribution in [2.24, 2.45) is 0 Å². The van der Waals surface area contributed by atoms with Gasteiger partial charge in [-0.1, -0.05) is 81.4 Å². The fraction of sp³-hybridized carbons (Fsp3) is 0.462. The number of carbonyl (C=O) groups is 1. The van der Waals surface area contributed by atoms with E-state index >= 15 is 0 Å². The summed E-state index contributed by atoms with van der Waals surface area (Å²) in [4.78, 5) is 18.2. The van der Waals surface area contributed by atoms with E-state index in [0.29, 0.717) is 13.1 Å². The Balaban J connectivity index is 2.04. The van der Waals surface area contributed by atoms with Gasteiger partial charge < -0.3 is 14.0 Å². The highest BCUT2D eigenvalue weighted by Crippen LogP contribution is 2.39. The molecule has 1 saturated heterocycles. The van der Waals surface area contributed by atoms with E-state index in [1.54, 1.807) is 4.90 Å². The lowest BCUT2D eigenvalue weighted by Gasteiger charge is -2.44. The zero-order valence-electron chi connectivity index (χ0n) is 20.0. The molecule has 0 aromatic heterocycles. The van der Waals surface area contributed by atoms with Gasteiger partial charge in [0.05, 0.1) is 6.54 Å². The van der Waals surface area contributed by atoms with Crippen molar-refractivity contribution in [1.82, 2.24) is 4.90 Å². The number of amides is 1. The molecule has 0 spiro atoms. The molecule has 0 bridgehead atoms. The van der Waals surface area contributed by atoms with Gasteiger partial charge in [-0.05, 0) is 36.2 Å². The van der Waals surface area contributed by atoms with Crippen molar-refractivity contribution in [3.63, 3.8) is 0 Å². The van der Waals surface area contributed by atoms with Gasteiger partial charge in [0.2, 0.25) is 0 Å². The molecule has 0 radical (unpaired) electrons. The predicted molar refractivity (Wildman–Crippen MR) is 131 cm³/mol. The number of benzene rings is 2. The van der Waals surface area contributed by atoms with Crippen LogP contribution < -0.4 is 10.4 Å². The van der Waals surface area contributed by atoms with Crippen LogP contribution in [0.25, 0.3) is 4.85 Å². The number of nitrogens with zero attached hydrogens (tertiary/aromatic N) is 2. The van der Waals surface area contributed by atoms with Gasteiger partial charge in [0.15, 0.2) is 0 Å². The van der Waals surface area contributed by atoms with Crippen LogP contribution in [0.2, 0.25) is 5.04 Å². The lowest BCUT2D eigenvalue weighted by Crippen LogP contribution is -2.68. The van der Waals surface area contributed by atoms with Crippen molar-refractivity contribution >= 4 is 24.8 Å². The lowest BCUT2D eigenvalue weighted by molar-refractivity contribution is 0.0274. The third kappa shape index (κ3) is 4.90. The molecule has 0 saturated carbocycles. The summed E-state index contributed by atoms with van der Waals surface area (Å²) in [6, 6.07) is 20.3. The summed E-state index contributed by atoms with van der Waals surface area (Å²) >= 11 is 0. The molecular formula is C26H34N2O3Si. The molecule has 2 aromatic carbocycles. The summed E-state index contributed by atoms with van der Waals surface area (Å²) in [5.41, 5.74) is -0.582. The molecule has 6 heteroatoms. The lowest BCUT2D eigenvalue weighted by atomic mass is 10.2. The fourth-order valence-corrected chi connectivity index (χ4v) is 9.09. The average Bonchev–Trinajstić information content (AvgIpc) is 3.14. The van der Waals surface area contributed by atoms with Gasteiger partial charge in [-0.25, -0.2) is 11.4 Å². The summed E-state index contributed by atoms with van der Waals surface area (Å²) in [5.74, 6) is 0. The zero-order valence-corrected chi connectivity index (χ0v) is 21.0. The Labute approximate surface area is 193 Å². The van der Waals surface area contributed by atoms with E-state index < -0.39 is 20.0 Å². The van der Waals surface area contributed by atoms with Crippen molar-refractivity contribution in [3.05, 3.63) is 72.1 Å². The van der Waals surface area contributed by atoms with Gasteiger partial charge in [0, 0.05) is 0 Å². The highest BCUT2D eigenvalue weighted by atomic mass is 28.4. The zero-order chi connectivity index (χ0) is 23.6. The van der Waals surface area contributed by atoms with Gasteiger partial charge in [-0.2, -0.15) is 0 Å². The third-order valence-corrected chi connectivity index (χ3v) is 10.9. The molecule has 170 valence electrons. The van der Waals surface area contributed by atoms with Crippen molar-refractivity contribution in [2.45, 2.75) is 64.3 Å². The second-order valence-corrected chi connectivity index (χ2v) is 14.7. The first-order valence-corrected chi connectivity index (χ1v) is 13.0. The number of rotatable bonds is 4. The van der Waals surface area contributed by atoms with Gasteiger partial charge in [-0.15, -0.1) is 0 Å². The molecule has 1 aliphatic rings. The number of likely N-dealkylation sites (tertiary alicyclic amines) is 1. The van der Waals surface area contributed by atoms with Crippen LogP contribution in [0, 0.1) is 6.57 Å². The Morgan fingerprint density at radius 3 is 1.84 bits per heavy atom. The summed E-state index contributed by atoms with van der Waals surface area (Å²) in [7, 11) is -2.81. The molecule has 2 aromatic rings. The molecule has 1 fully saturated rings. The molecule has 3 rings (SSSR count). The minimum absolute atomic E-state index is 0.193. The summed E-state index contributed by atoms with van der Waals surface area (Å²) in [6.07, 6.45) is -0.772. The maximum absolute atomic E-state index is 12.7. The maximum Gasteiger partial charge on any atom is 0.410 e. The van der Waals surface area contributed by atoms with Crippen molar-refractivity contribution in [3.8, 4) is 0 Å². The van der Waals surface area contributed by atoms with E-state index in [-0.39, 0.29) is 17.2 Å². The van der Waals surface area contributed by atoms with Crippen LogP contribution >= 0.6 is 0 Å². The Hall–Kier alpha value is -2.62. The van der Waals surface area contributed by atoms with E-state index in [1.807, 2.05) is 57.2 Å². The van der Waals surface area contributed by atoms with Crippen LogP contribution in [0.15, 0.2) is 60.7 Å². The van der Waals surface area contributed by atoms with Crippen LogP contribution in [0.1, 0.15) is 41.5 Å². The molecule has 5 nitrogen and oxygen atoms in total. The normalized spacial score (nSPS) is 19.5. The number of carbonyl (C=O) groups excluding carboxylic acids is 1. The van der Waals surface area contributed by atoms with Crippen LogP contribution in [0.4, 0.5) is 4.79 Å². The Morgan fingerprint density at radius 1 is 0.938 bits per heavy atom. The monoisotopic (exact) mass is 450 g/mol. The van der Waals surface area contributed by atoms with Crippen molar-refractivity contribution < 1.29 is 14.0 Å². The number of hydrogen-bond acceptors (Lipinski definition) is 3. The first-order valence-electron chi connectivity index (χ1n) is 11.1. The van der Waals surface area contributed by atoms with E-state index in [4.69, 9.17) is 15.7 Å². The molecule has 0 aliphatic carbocycles. The van der Waals surface area contributed by atoms with E-state index in [1.165, 1.54) is 0 Å².